The van der Waals surface area contributed by atoms with Gasteiger partial charge in [0.2, 0.25) is 0 Å². The number of nitrogens with two attached hydrogens (primary N) is 1. The van der Waals surface area contributed by atoms with E-state index in [0.717, 1.165) is 13.0 Å². The molecule has 1 fully saturated rings. The minimum absolute atomic E-state index is 0.139. The Morgan fingerprint density at radius 1 is 1.42 bits per heavy atom. The second-order valence-electron chi connectivity index (χ2n) is 4.63. The fourth-order valence-corrected chi connectivity index (χ4v) is 1.75. The highest BCUT2D eigenvalue weighted by Gasteiger charge is 2.49. The summed E-state index contributed by atoms with van der Waals surface area (Å²) in [5, 5.41) is 11.7. The van der Waals surface area contributed by atoms with Crippen LogP contribution in [0.25, 0.3) is 0 Å². The van der Waals surface area contributed by atoms with Crippen LogP contribution < -0.4 is 5.84 Å². The van der Waals surface area contributed by atoms with Crippen molar-refractivity contribution >= 4 is 0 Å². The first-order valence-electron chi connectivity index (χ1n) is 4.55. The highest BCUT2D eigenvalue weighted by atomic mass is 16.3. The molecule has 0 spiro atoms. The number of rotatable bonds is 0. The Morgan fingerprint density at radius 3 is 2.33 bits per heavy atom. The largest absolute Gasteiger partial charge is 0.374 e. The molecule has 0 aromatic heterocycles. The molecular weight excluding hydrogens is 152 g/mol. The average molecular weight is 172 g/mol. The minimum atomic E-state index is -0.884. The van der Waals surface area contributed by atoms with Gasteiger partial charge in [-0.05, 0) is 19.3 Å². The molecule has 2 unspecified atom stereocenters. The summed E-state index contributed by atoms with van der Waals surface area (Å²) in [7, 11) is 0. The van der Waals surface area contributed by atoms with Crippen molar-refractivity contribution in [2.45, 2.75) is 39.8 Å². The van der Waals surface area contributed by atoms with Gasteiger partial charge in [0.05, 0.1) is 0 Å². The fraction of sp³-hybridized carbons (Fsp3) is 1.00. The molecule has 3 nitrogen and oxygen atoms in total. The highest BCUT2D eigenvalue weighted by molar-refractivity contribution is 4.95. The summed E-state index contributed by atoms with van der Waals surface area (Å²) < 4.78 is 0. The summed E-state index contributed by atoms with van der Waals surface area (Å²) in [6.07, 6.45) is 1.06. The van der Waals surface area contributed by atoms with Crippen molar-refractivity contribution in [3.8, 4) is 0 Å². The van der Waals surface area contributed by atoms with Gasteiger partial charge >= 0.3 is 0 Å². The maximum atomic E-state index is 10.1. The van der Waals surface area contributed by atoms with Gasteiger partial charge in [-0.15, -0.1) is 0 Å². The summed E-state index contributed by atoms with van der Waals surface area (Å²) in [6.45, 7) is 8.87. The standard InChI is InChI=1S/C9H20N2O/c1-7-5-6-11(10)9(4,12)8(7,2)3/h7,12H,5-6,10H2,1-4H3. The molecule has 0 bridgehead atoms. The van der Waals surface area contributed by atoms with E-state index in [4.69, 9.17) is 5.84 Å². The zero-order chi connectivity index (χ0) is 9.57. The lowest BCUT2D eigenvalue weighted by atomic mass is 9.68. The smallest absolute Gasteiger partial charge is 0.133 e. The summed E-state index contributed by atoms with van der Waals surface area (Å²) in [6, 6.07) is 0. The van der Waals surface area contributed by atoms with Crippen LogP contribution in [0, 0.1) is 11.3 Å². The normalized spacial score (nSPS) is 43.0. The van der Waals surface area contributed by atoms with E-state index in [2.05, 4.69) is 20.8 Å². The molecule has 72 valence electrons. The number of nitrogens with zero attached hydrogens (tertiary/aromatic N) is 1. The molecule has 3 heteroatoms. The average Bonchev–Trinajstić information content (AvgIpc) is 1.96. The molecular formula is C9H20N2O. The lowest BCUT2D eigenvalue weighted by Crippen LogP contribution is -2.64. The summed E-state index contributed by atoms with van der Waals surface area (Å²) in [5.74, 6) is 6.24. The predicted molar refractivity (Wildman–Crippen MR) is 49.1 cm³/mol. The first-order chi connectivity index (χ1) is 5.30. The second-order valence-corrected chi connectivity index (χ2v) is 4.63. The number of hydrogen-bond acceptors (Lipinski definition) is 3. The molecule has 1 aliphatic heterocycles. The number of hydrogen-bond donors (Lipinski definition) is 2. The van der Waals surface area contributed by atoms with Crippen molar-refractivity contribution < 1.29 is 5.11 Å². The zero-order valence-corrected chi connectivity index (χ0v) is 8.46. The van der Waals surface area contributed by atoms with Crippen LogP contribution in [0.2, 0.25) is 0 Å². The quantitative estimate of drug-likeness (QED) is 0.535. The van der Waals surface area contributed by atoms with Crippen LogP contribution in [-0.4, -0.2) is 22.4 Å². The Hall–Kier alpha value is -0.120. The van der Waals surface area contributed by atoms with Crippen molar-refractivity contribution in [3.05, 3.63) is 0 Å². The van der Waals surface area contributed by atoms with Gasteiger partial charge in [0.15, 0.2) is 0 Å². The third kappa shape index (κ3) is 1.16. The van der Waals surface area contributed by atoms with Crippen LogP contribution in [0.1, 0.15) is 34.1 Å². The summed E-state index contributed by atoms with van der Waals surface area (Å²) >= 11 is 0. The van der Waals surface area contributed by atoms with E-state index in [1.54, 1.807) is 11.9 Å². The van der Waals surface area contributed by atoms with E-state index in [-0.39, 0.29) is 5.41 Å². The van der Waals surface area contributed by atoms with Crippen molar-refractivity contribution in [2.24, 2.45) is 17.2 Å². The van der Waals surface area contributed by atoms with Crippen LogP contribution in [0.5, 0.6) is 0 Å². The molecule has 0 amide bonds. The molecule has 1 rings (SSSR count). The lowest BCUT2D eigenvalue weighted by molar-refractivity contribution is -0.214. The van der Waals surface area contributed by atoms with Crippen molar-refractivity contribution in [1.82, 2.24) is 5.01 Å². The molecule has 0 aromatic rings. The van der Waals surface area contributed by atoms with Crippen molar-refractivity contribution in [3.63, 3.8) is 0 Å². The SMILES string of the molecule is CC1CCN(N)C(C)(O)C1(C)C. The van der Waals surface area contributed by atoms with E-state index >= 15 is 0 Å². The van der Waals surface area contributed by atoms with E-state index in [1.807, 2.05) is 0 Å². The van der Waals surface area contributed by atoms with Crippen molar-refractivity contribution in [2.75, 3.05) is 6.54 Å². The van der Waals surface area contributed by atoms with Gasteiger partial charge in [0.1, 0.15) is 5.72 Å². The zero-order valence-electron chi connectivity index (χ0n) is 8.46. The molecule has 0 radical (unpaired) electrons. The van der Waals surface area contributed by atoms with E-state index in [0.29, 0.717) is 5.92 Å². The monoisotopic (exact) mass is 172 g/mol. The molecule has 12 heavy (non-hydrogen) atoms. The first-order valence-corrected chi connectivity index (χ1v) is 4.55. The van der Waals surface area contributed by atoms with Crippen molar-refractivity contribution in [1.29, 1.82) is 0 Å². The molecule has 3 N–H and O–H groups in total. The van der Waals surface area contributed by atoms with Gasteiger partial charge in [0, 0.05) is 12.0 Å². The van der Waals surface area contributed by atoms with Gasteiger partial charge in [-0.1, -0.05) is 20.8 Å². The highest BCUT2D eigenvalue weighted by Crippen LogP contribution is 2.44. The molecule has 0 aliphatic carbocycles. The van der Waals surface area contributed by atoms with Crippen LogP contribution in [0.3, 0.4) is 0 Å². The van der Waals surface area contributed by atoms with Gasteiger partial charge in [-0.3, -0.25) is 5.84 Å². The first kappa shape index (κ1) is 9.96. The Labute approximate surface area is 74.5 Å². The Kier molecular flexibility index (Phi) is 2.23. The summed E-state index contributed by atoms with van der Waals surface area (Å²) in [4.78, 5) is 0. The number of hydrazine groups is 1. The third-order valence-corrected chi connectivity index (χ3v) is 3.81. The lowest BCUT2D eigenvalue weighted by Gasteiger charge is -2.53. The third-order valence-electron chi connectivity index (χ3n) is 3.81. The fourth-order valence-electron chi connectivity index (χ4n) is 1.75. The molecule has 2 atom stereocenters. The molecule has 0 saturated carbocycles. The van der Waals surface area contributed by atoms with E-state index < -0.39 is 5.72 Å². The minimum Gasteiger partial charge on any atom is -0.374 e. The maximum Gasteiger partial charge on any atom is 0.133 e. The second kappa shape index (κ2) is 2.69. The van der Waals surface area contributed by atoms with Crippen LogP contribution >= 0.6 is 0 Å². The van der Waals surface area contributed by atoms with Gasteiger partial charge in [-0.25, -0.2) is 5.01 Å². The van der Waals surface area contributed by atoms with Crippen LogP contribution in [0.15, 0.2) is 0 Å². The Balaban J connectivity index is 2.92. The molecule has 0 aromatic carbocycles. The predicted octanol–water partition coefficient (Wildman–Crippen LogP) is 0.937. The van der Waals surface area contributed by atoms with Crippen LogP contribution in [-0.2, 0) is 0 Å². The maximum absolute atomic E-state index is 10.1. The molecule has 1 saturated heterocycles. The van der Waals surface area contributed by atoms with Gasteiger partial charge in [0.25, 0.3) is 0 Å². The Morgan fingerprint density at radius 2 is 1.92 bits per heavy atom. The summed E-state index contributed by atoms with van der Waals surface area (Å²) in [5.41, 5.74) is -1.02. The van der Waals surface area contributed by atoms with E-state index in [1.165, 1.54) is 0 Å². The van der Waals surface area contributed by atoms with Crippen LogP contribution in [0.4, 0.5) is 0 Å². The topological polar surface area (TPSA) is 49.5 Å². The molecule has 1 heterocycles. The number of aliphatic hydroxyl groups is 1. The van der Waals surface area contributed by atoms with Gasteiger partial charge < -0.3 is 5.11 Å². The number of piperidine rings is 1. The Bertz CT molecular complexity index is 157. The van der Waals surface area contributed by atoms with Gasteiger partial charge in [-0.2, -0.15) is 0 Å². The molecule has 1 aliphatic rings. The van der Waals surface area contributed by atoms with E-state index in [9.17, 15) is 5.11 Å².